The third kappa shape index (κ3) is 5.87. The molecule has 12 heteroatoms. The third-order valence-electron chi connectivity index (χ3n) is 6.40. The lowest BCUT2D eigenvalue weighted by Gasteiger charge is -2.23. The lowest BCUT2D eigenvalue weighted by atomic mass is 10.1. The standard InChI is InChI=1S/C28H23FIN5O5/c1-17(36)31-24-11-2-18(14-25(24)35(38)39)12-13-33-26(37)16-40-28(33)23-15-34(22-9-7-21(30)8-10-22)32-27(23)19-3-5-20(29)6-4-19/h2-11,14-15,28H,12-13,16H2,1H3,(H,31,36). The van der Waals surface area contributed by atoms with Crippen molar-refractivity contribution >= 4 is 45.8 Å². The zero-order valence-corrected chi connectivity index (χ0v) is 23.4. The van der Waals surface area contributed by atoms with Crippen molar-refractivity contribution in [2.45, 2.75) is 19.6 Å². The zero-order chi connectivity index (χ0) is 28.4. The quantitative estimate of drug-likeness (QED) is 0.157. The second kappa shape index (κ2) is 11.5. The van der Waals surface area contributed by atoms with Gasteiger partial charge in [-0.15, -0.1) is 0 Å². The van der Waals surface area contributed by atoms with Crippen molar-refractivity contribution in [1.82, 2.24) is 14.7 Å². The second-order valence-corrected chi connectivity index (χ2v) is 10.4. The molecular weight excluding hydrogens is 632 g/mol. The van der Waals surface area contributed by atoms with Crippen LogP contribution in [0.1, 0.15) is 24.3 Å². The average molecular weight is 655 g/mol. The van der Waals surface area contributed by atoms with Crippen molar-refractivity contribution in [3.05, 3.63) is 104 Å². The van der Waals surface area contributed by atoms with Crippen LogP contribution in [0.3, 0.4) is 0 Å². The van der Waals surface area contributed by atoms with Crippen LogP contribution in [-0.2, 0) is 20.7 Å². The van der Waals surface area contributed by atoms with Crippen molar-refractivity contribution in [2.75, 3.05) is 18.5 Å². The molecule has 1 aliphatic rings. The van der Waals surface area contributed by atoms with E-state index in [9.17, 15) is 24.1 Å². The maximum absolute atomic E-state index is 13.7. The normalized spacial score (nSPS) is 14.9. The summed E-state index contributed by atoms with van der Waals surface area (Å²) in [6.07, 6.45) is 1.34. The fourth-order valence-electron chi connectivity index (χ4n) is 4.51. The fourth-order valence-corrected chi connectivity index (χ4v) is 4.87. The molecule has 1 aromatic heterocycles. The summed E-state index contributed by atoms with van der Waals surface area (Å²) < 4.78 is 22.4. The Labute approximate surface area is 242 Å². The molecule has 0 radical (unpaired) electrons. The van der Waals surface area contributed by atoms with Crippen LogP contribution >= 0.6 is 22.6 Å². The van der Waals surface area contributed by atoms with Crippen LogP contribution in [-0.4, -0.2) is 44.6 Å². The van der Waals surface area contributed by atoms with Gasteiger partial charge in [0.25, 0.3) is 11.6 Å². The third-order valence-corrected chi connectivity index (χ3v) is 7.12. The van der Waals surface area contributed by atoms with Crippen molar-refractivity contribution < 1.29 is 23.6 Å². The number of carbonyl (C=O) groups excluding carboxylic acids is 2. The summed E-state index contributed by atoms with van der Waals surface area (Å²) in [5.41, 5.74) is 3.12. The molecule has 204 valence electrons. The first-order chi connectivity index (χ1) is 19.2. The van der Waals surface area contributed by atoms with Gasteiger partial charge in [0.1, 0.15) is 23.8 Å². The molecule has 1 N–H and O–H groups in total. The van der Waals surface area contributed by atoms with Crippen LogP contribution in [0, 0.1) is 19.5 Å². The first kappa shape index (κ1) is 27.4. The van der Waals surface area contributed by atoms with E-state index in [1.54, 1.807) is 34.0 Å². The van der Waals surface area contributed by atoms with E-state index >= 15 is 0 Å². The molecule has 0 aliphatic carbocycles. The number of benzene rings is 3. The molecule has 1 saturated heterocycles. The highest BCUT2D eigenvalue weighted by Gasteiger charge is 2.36. The van der Waals surface area contributed by atoms with Gasteiger partial charge in [0.2, 0.25) is 5.91 Å². The van der Waals surface area contributed by atoms with Gasteiger partial charge in [-0.1, -0.05) is 6.07 Å². The number of carbonyl (C=O) groups is 2. The molecule has 0 spiro atoms. The molecule has 10 nitrogen and oxygen atoms in total. The second-order valence-electron chi connectivity index (χ2n) is 9.15. The summed E-state index contributed by atoms with van der Waals surface area (Å²) in [6.45, 7) is 1.36. The van der Waals surface area contributed by atoms with Crippen LogP contribution in [0.5, 0.6) is 0 Å². The number of rotatable bonds is 8. The minimum Gasteiger partial charge on any atom is -0.344 e. The van der Waals surface area contributed by atoms with Crippen molar-refractivity contribution in [2.24, 2.45) is 0 Å². The van der Waals surface area contributed by atoms with Crippen LogP contribution in [0.25, 0.3) is 16.9 Å². The fraction of sp³-hybridized carbons (Fsp3) is 0.179. The maximum Gasteiger partial charge on any atom is 0.293 e. The monoisotopic (exact) mass is 655 g/mol. The number of anilines is 1. The predicted molar refractivity (Wildman–Crippen MR) is 153 cm³/mol. The summed E-state index contributed by atoms with van der Waals surface area (Å²) in [6, 6.07) is 18.2. The molecule has 1 aliphatic heterocycles. The van der Waals surface area contributed by atoms with Gasteiger partial charge in [-0.05, 0) is 89.2 Å². The van der Waals surface area contributed by atoms with Crippen LogP contribution in [0.15, 0.2) is 72.9 Å². The summed E-state index contributed by atoms with van der Waals surface area (Å²) in [7, 11) is 0. The topological polar surface area (TPSA) is 120 Å². The van der Waals surface area contributed by atoms with Gasteiger partial charge >= 0.3 is 0 Å². The molecule has 1 fully saturated rings. The highest BCUT2D eigenvalue weighted by molar-refractivity contribution is 14.1. The molecule has 2 heterocycles. The van der Waals surface area contributed by atoms with Crippen molar-refractivity contribution in [3.63, 3.8) is 0 Å². The van der Waals surface area contributed by atoms with Gasteiger partial charge in [-0.2, -0.15) is 5.10 Å². The van der Waals surface area contributed by atoms with Crippen LogP contribution in [0.2, 0.25) is 0 Å². The molecule has 1 unspecified atom stereocenters. The predicted octanol–water partition coefficient (Wildman–Crippen LogP) is 5.25. The van der Waals surface area contributed by atoms with E-state index in [4.69, 9.17) is 9.84 Å². The first-order valence-corrected chi connectivity index (χ1v) is 13.3. The molecular formula is C28H23FIN5O5. The maximum atomic E-state index is 13.7. The molecule has 40 heavy (non-hydrogen) atoms. The molecule has 1 atom stereocenters. The summed E-state index contributed by atoms with van der Waals surface area (Å²) in [5.74, 6) is -1.03. The van der Waals surface area contributed by atoms with Gasteiger partial charge in [0, 0.05) is 40.4 Å². The van der Waals surface area contributed by atoms with Crippen molar-refractivity contribution in [1.29, 1.82) is 0 Å². The SMILES string of the molecule is CC(=O)Nc1ccc(CCN2C(=O)COC2c2cn(-c3ccc(I)cc3)nc2-c2ccc(F)cc2)cc1[N+](=O)[O-]. The Morgan fingerprint density at radius 2 is 1.90 bits per heavy atom. The first-order valence-electron chi connectivity index (χ1n) is 12.3. The highest BCUT2D eigenvalue weighted by atomic mass is 127. The van der Waals surface area contributed by atoms with E-state index < -0.39 is 17.1 Å². The average Bonchev–Trinajstić information content (AvgIpc) is 3.52. The van der Waals surface area contributed by atoms with E-state index in [-0.39, 0.29) is 36.3 Å². The Morgan fingerprint density at radius 1 is 1.18 bits per heavy atom. The lowest BCUT2D eigenvalue weighted by Crippen LogP contribution is -2.30. The number of halogens is 2. The Bertz CT molecular complexity index is 1590. The molecule has 0 bridgehead atoms. The molecule has 0 saturated carbocycles. The minimum absolute atomic E-state index is 0.103. The van der Waals surface area contributed by atoms with E-state index in [2.05, 4.69) is 27.9 Å². The summed E-state index contributed by atoms with van der Waals surface area (Å²) in [5, 5.41) is 18.8. The van der Waals surface area contributed by atoms with Crippen LogP contribution in [0.4, 0.5) is 15.8 Å². The Kier molecular flexibility index (Phi) is 7.89. The number of nitrogens with zero attached hydrogens (tertiary/aromatic N) is 4. The number of nitro benzene ring substituents is 1. The number of hydrogen-bond acceptors (Lipinski definition) is 6. The Hall–Kier alpha value is -4.17. The van der Waals surface area contributed by atoms with E-state index in [1.807, 2.05) is 24.3 Å². The summed E-state index contributed by atoms with van der Waals surface area (Å²) >= 11 is 2.22. The van der Waals surface area contributed by atoms with E-state index in [0.29, 0.717) is 28.8 Å². The number of ether oxygens (including phenoxy) is 1. The molecule has 2 amide bonds. The minimum atomic E-state index is -0.765. The molecule has 4 aromatic rings. The number of hydrogen-bond donors (Lipinski definition) is 1. The van der Waals surface area contributed by atoms with E-state index in [1.165, 1.54) is 31.2 Å². The lowest BCUT2D eigenvalue weighted by molar-refractivity contribution is -0.384. The highest BCUT2D eigenvalue weighted by Crippen LogP contribution is 2.36. The van der Waals surface area contributed by atoms with Gasteiger partial charge in [0.05, 0.1) is 10.6 Å². The summed E-state index contributed by atoms with van der Waals surface area (Å²) in [4.78, 5) is 36.9. The van der Waals surface area contributed by atoms with E-state index in [0.717, 1.165) is 9.26 Å². The Balaban J connectivity index is 1.46. The van der Waals surface area contributed by atoms with Gasteiger partial charge in [0.15, 0.2) is 6.23 Å². The Morgan fingerprint density at radius 3 is 2.58 bits per heavy atom. The molecule has 5 rings (SSSR count). The zero-order valence-electron chi connectivity index (χ0n) is 21.2. The van der Waals surface area contributed by atoms with Gasteiger partial charge in [-0.25, -0.2) is 9.07 Å². The number of amides is 2. The van der Waals surface area contributed by atoms with Gasteiger partial charge < -0.3 is 15.0 Å². The number of aromatic nitrogens is 2. The number of nitro groups is 1. The van der Waals surface area contributed by atoms with Crippen molar-refractivity contribution in [3.8, 4) is 16.9 Å². The largest absolute Gasteiger partial charge is 0.344 e. The van der Waals surface area contributed by atoms with Crippen LogP contribution < -0.4 is 5.32 Å². The number of nitrogens with one attached hydrogen (secondary N) is 1. The van der Waals surface area contributed by atoms with Gasteiger partial charge in [-0.3, -0.25) is 19.7 Å². The molecule has 3 aromatic carbocycles. The smallest absolute Gasteiger partial charge is 0.293 e.